The molecule has 0 atom stereocenters. The third-order valence-electron chi connectivity index (χ3n) is 2.92. The van der Waals surface area contributed by atoms with Crippen molar-refractivity contribution in [1.82, 2.24) is 9.13 Å². The summed E-state index contributed by atoms with van der Waals surface area (Å²) >= 11 is 2.00. The summed E-state index contributed by atoms with van der Waals surface area (Å²) in [5.74, 6) is -0.186. The standard InChI is InChI=1S/C13H13FIN3O2/c1-3-18-12(19)7-11(17(2)13(18)20)16-10-5-4-8(15)6-9(10)14/h4-7,16H,3H2,1-2H3. The van der Waals surface area contributed by atoms with E-state index >= 15 is 0 Å². The fourth-order valence-electron chi connectivity index (χ4n) is 1.81. The van der Waals surface area contributed by atoms with E-state index in [9.17, 15) is 14.0 Å². The summed E-state index contributed by atoms with van der Waals surface area (Å²) in [4.78, 5) is 23.7. The van der Waals surface area contributed by atoms with Crippen molar-refractivity contribution in [2.45, 2.75) is 13.5 Å². The zero-order chi connectivity index (χ0) is 14.9. The highest BCUT2D eigenvalue weighted by atomic mass is 127. The van der Waals surface area contributed by atoms with Gasteiger partial charge in [-0.1, -0.05) is 0 Å². The van der Waals surface area contributed by atoms with E-state index in [1.54, 1.807) is 19.1 Å². The number of benzene rings is 1. The summed E-state index contributed by atoms with van der Waals surface area (Å²) in [6, 6.07) is 5.95. The van der Waals surface area contributed by atoms with E-state index in [2.05, 4.69) is 5.32 Å². The van der Waals surface area contributed by atoms with Crippen molar-refractivity contribution in [3.05, 3.63) is 54.5 Å². The summed E-state index contributed by atoms with van der Waals surface area (Å²) in [5.41, 5.74) is -0.633. The molecule has 0 aliphatic carbocycles. The molecule has 1 N–H and O–H groups in total. The van der Waals surface area contributed by atoms with Crippen molar-refractivity contribution in [3.8, 4) is 0 Å². The lowest BCUT2D eigenvalue weighted by Crippen LogP contribution is -2.38. The van der Waals surface area contributed by atoms with Gasteiger partial charge in [0.05, 0.1) is 5.69 Å². The van der Waals surface area contributed by atoms with Crippen molar-refractivity contribution in [3.63, 3.8) is 0 Å². The Hall–Kier alpha value is -1.64. The number of aromatic nitrogens is 2. The fourth-order valence-corrected chi connectivity index (χ4v) is 2.26. The molecule has 0 unspecified atom stereocenters. The first kappa shape index (κ1) is 14.8. The molecule has 0 aliphatic rings. The summed E-state index contributed by atoms with van der Waals surface area (Å²) in [5, 5.41) is 2.77. The number of rotatable bonds is 3. The van der Waals surface area contributed by atoms with Crippen molar-refractivity contribution in [1.29, 1.82) is 0 Å². The van der Waals surface area contributed by atoms with Crippen LogP contribution in [0.3, 0.4) is 0 Å². The first-order valence-corrected chi connectivity index (χ1v) is 7.05. The number of anilines is 2. The molecule has 2 aromatic rings. The predicted molar refractivity (Wildman–Crippen MR) is 84.0 cm³/mol. The van der Waals surface area contributed by atoms with Crippen molar-refractivity contribution in [2.75, 3.05) is 5.32 Å². The van der Waals surface area contributed by atoms with Gasteiger partial charge in [0.25, 0.3) is 5.56 Å². The minimum absolute atomic E-state index is 0.217. The molecular formula is C13H13FIN3O2. The average Bonchev–Trinajstić information content (AvgIpc) is 2.39. The first-order chi connectivity index (χ1) is 9.43. The lowest BCUT2D eigenvalue weighted by molar-refractivity contribution is 0.621. The number of hydrogen-bond acceptors (Lipinski definition) is 3. The van der Waals surface area contributed by atoms with Crippen LogP contribution >= 0.6 is 22.6 Å². The number of hydrogen-bond donors (Lipinski definition) is 1. The van der Waals surface area contributed by atoms with Crippen LogP contribution in [0.2, 0.25) is 0 Å². The molecule has 106 valence electrons. The van der Waals surface area contributed by atoms with Gasteiger partial charge in [0.15, 0.2) is 0 Å². The third-order valence-corrected chi connectivity index (χ3v) is 3.59. The van der Waals surface area contributed by atoms with Gasteiger partial charge >= 0.3 is 5.69 Å². The molecule has 1 aromatic heterocycles. The van der Waals surface area contributed by atoms with Crippen molar-refractivity contribution in [2.24, 2.45) is 7.05 Å². The van der Waals surface area contributed by atoms with Crippen LogP contribution < -0.4 is 16.6 Å². The summed E-state index contributed by atoms with van der Waals surface area (Å²) in [7, 11) is 1.53. The van der Waals surface area contributed by atoms with Gasteiger partial charge in [-0.05, 0) is 47.7 Å². The Kier molecular flexibility index (Phi) is 4.26. The van der Waals surface area contributed by atoms with Crippen LogP contribution in [0.4, 0.5) is 15.9 Å². The average molecular weight is 389 g/mol. The quantitative estimate of drug-likeness (QED) is 0.818. The van der Waals surface area contributed by atoms with Crippen LogP contribution in [0, 0.1) is 9.39 Å². The lowest BCUT2D eigenvalue weighted by atomic mass is 10.3. The first-order valence-electron chi connectivity index (χ1n) is 5.97. The summed E-state index contributed by atoms with van der Waals surface area (Å²) < 4.78 is 16.9. The molecule has 1 heterocycles. The maximum absolute atomic E-state index is 13.8. The molecule has 0 amide bonds. The van der Waals surface area contributed by atoms with Gasteiger partial charge in [0, 0.05) is 23.2 Å². The molecule has 0 fully saturated rings. The van der Waals surface area contributed by atoms with E-state index in [0.717, 1.165) is 8.14 Å². The van der Waals surface area contributed by atoms with Gasteiger partial charge in [-0.3, -0.25) is 13.9 Å². The lowest BCUT2D eigenvalue weighted by Gasteiger charge is -2.13. The highest BCUT2D eigenvalue weighted by Crippen LogP contribution is 2.20. The third kappa shape index (κ3) is 2.77. The molecule has 0 saturated heterocycles. The van der Waals surface area contributed by atoms with Crippen LogP contribution in [0.25, 0.3) is 0 Å². The normalized spacial score (nSPS) is 10.6. The Morgan fingerprint density at radius 3 is 2.60 bits per heavy atom. The molecule has 0 bridgehead atoms. The largest absolute Gasteiger partial charge is 0.339 e. The molecular weight excluding hydrogens is 376 g/mol. The Labute approximate surface area is 128 Å². The van der Waals surface area contributed by atoms with Gasteiger partial charge in [-0.25, -0.2) is 9.18 Å². The van der Waals surface area contributed by atoms with Gasteiger partial charge in [0.1, 0.15) is 11.6 Å². The maximum Gasteiger partial charge on any atom is 0.332 e. The maximum atomic E-state index is 13.8. The Balaban J connectivity index is 2.50. The van der Waals surface area contributed by atoms with Crippen LogP contribution in [-0.2, 0) is 13.6 Å². The second-order valence-electron chi connectivity index (χ2n) is 4.20. The van der Waals surface area contributed by atoms with E-state index < -0.39 is 17.1 Å². The number of nitrogens with one attached hydrogen (secondary N) is 1. The Morgan fingerprint density at radius 1 is 1.30 bits per heavy atom. The van der Waals surface area contributed by atoms with Crippen LogP contribution in [0.15, 0.2) is 33.9 Å². The highest BCUT2D eigenvalue weighted by molar-refractivity contribution is 14.1. The minimum Gasteiger partial charge on any atom is -0.339 e. The molecule has 0 saturated carbocycles. The molecule has 5 nitrogen and oxygen atoms in total. The number of halogens is 2. The predicted octanol–water partition coefficient (Wildman–Crippen LogP) is 2.05. The topological polar surface area (TPSA) is 56.0 Å². The van der Waals surface area contributed by atoms with Crippen LogP contribution in [-0.4, -0.2) is 9.13 Å². The van der Waals surface area contributed by atoms with Crippen molar-refractivity contribution < 1.29 is 4.39 Å². The Bertz CT molecular complexity index is 767. The second-order valence-corrected chi connectivity index (χ2v) is 5.45. The molecule has 7 heteroatoms. The minimum atomic E-state index is -0.441. The van der Waals surface area contributed by atoms with Gasteiger partial charge in [-0.2, -0.15) is 0 Å². The summed E-state index contributed by atoms with van der Waals surface area (Å²) in [6.45, 7) is 2.01. The second kappa shape index (κ2) is 5.78. The molecule has 2 rings (SSSR count). The highest BCUT2D eigenvalue weighted by Gasteiger charge is 2.09. The van der Waals surface area contributed by atoms with Crippen molar-refractivity contribution >= 4 is 34.1 Å². The monoisotopic (exact) mass is 389 g/mol. The zero-order valence-electron chi connectivity index (χ0n) is 11.0. The van der Waals surface area contributed by atoms with E-state index in [1.165, 1.54) is 23.7 Å². The molecule has 0 aliphatic heterocycles. The van der Waals surface area contributed by atoms with Gasteiger partial charge < -0.3 is 5.32 Å². The molecule has 0 radical (unpaired) electrons. The SMILES string of the molecule is CCn1c(=O)cc(Nc2ccc(I)cc2F)n(C)c1=O. The van der Waals surface area contributed by atoms with Gasteiger partial charge in [-0.15, -0.1) is 0 Å². The van der Waals surface area contributed by atoms with E-state index in [0.29, 0.717) is 6.54 Å². The Morgan fingerprint density at radius 2 is 2.00 bits per heavy atom. The van der Waals surface area contributed by atoms with E-state index in [4.69, 9.17) is 0 Å². The molecule has 20 heavy (non-hydrogen) atoms. The molecule has 1 aromatic carbocycles. The fraction of sp³-hybridized carbons (Fsp3) is 0.231. The number of nitrogens with zero attached hydrogens (tertiary/aromatic N) is 2. The van der Waals surface area contributed by atoms with E-state index in [1.807, 2.05) is 22.6 Å². The van der Waals surface area contributed by atoms with Crippen LogP contribution in [0.5, 0.6) is 0 Å². The smallest absolute Gasteiger partial charge is 0.332 e. The van der Waals surface area contributed by atoms with Crippen LogP contribution in [0.1, 0.15) is 6.92 Å². The molecule has 0 spiro atoms. The van der Waals surface area contributed by atoms with E-state index in [-0.39, 0.29) is 11.5 Å². The zero-order valence-corrected chi connectivity index (χ0v) is 13.1. The van der Waals surface area contributed by atoms with Gasteiger partial charge in [0.2, 0.25) is 0 Å². The summed E-state index contributed by atoms with van der Waals surface area (Å²) in [6.07, 6.45) is 0.